The zero-order chi connectivity index (χ0) is 21.4. The van der Waals surface area contributed by atoms with Gasteiger partial charge in [0.2, 0.25) is 5.91 Å². The van der Waals surface area contributed by atoms with Gasteiger partial charge in [-0.25, -0.2) is 19.0 Å². The molecule has 1 saturated carbocycles. The Morgan fingerprint density at radius 2 is 2.00 bits per heavy atom. The molecule has 2 heterocycles. The van der Waals surface area contributed by atoms with E-state index in [9.17, 15) is 9.18 Å². The number of para-hydroxylation sites is 1. The summed E-state index contributed by atoms with van der Waals surface area (Å²) in [6, 6.07) is 13.9. The van der Waals surface area contributed by atoms with Crippen molar-refractivity contribution in [2.75, 3.05) is 11.1 Å². The topological polar surface area (TPSA) is 72.7 Å². The van der Waals surface area contributed by atoms with Crippen molar-refractivity contribution in [3.8, 4) is 5.69 Å². The summed E-state index contributed by atoms with van der Waals surface area (Å²) < 4.78 is 15.1. The average molecular weight is 454 g/mol. The lowest BCUT2D eigenvalue weighted by atomic mass is 10.3. The van der Waals surface area contributed by atoms with Gasteiger partial charge in [-0.2, -0.15) is 5.10 Å². The molecule has 1 aliphatic rings. The maximum absolute atomic E-state index is 13.3. The van der Waals surface area contributed by atoms with E-state index in [1.165, 1.54) is 30.0 Å². The van der Waals surface area contributed by atoms with Crippen molar-refractivity contribution in [3.05, 3.63) is 71.4 Å². The molecule has 2 aromatic heterocycles. The Balaban J connectivity index is 1.40. The fourth-order valence-electron chi connectivity index (χ4n) is 3.20. The second-order valence-corrected chi connectivity index (χ2v) is 8.63. The zero-order valence-corrected chi connectivity index (χ0v) is 17.8. The molecule has 4 aromatic rings. The van der Waals surface area contributed by atoms with Crippen LogP contribution in [-0.4, -0.2) is 31.4 Å². The van der Waals surface area contributed by atoms with Crippen LogP contribution in [0.2, 0.25) is 5.02 Å². The number of fused-ring (bicyclic) bond motifs is 1. The summed E-state index contributed by atoms with van der Waals surface area (Å²) in [5, 5.41) is 8.73. The molecule has 6 nitrogen and oxygen atoms in total. The van der Waals surface area contributed by atoms with Crippen LogP contribution >= 0.6 is 23.4 Å². The molecule has 0 unspecified atom stereocenters. The van der Waals surface area contributed by atoms with Gasteiger partial charge in [0, 0.05) is 11.6 Å². The highest BCUT2D eigenvalue weighted by molar-refractivity contribution is 8.00. The van der Waals surface area contributed by atoms with Crippen LogP contribution in [0.25, 0.3) is 16.7 Å². The molecule has 2 aromatic carbocycles. The van der Waals surface area contributed by atoms with E-state index >= 15 is 0 Å². The highest BCUT2D eigenvalue weighted by Crippen LogP contribution is 2.40. The van der Waals surface area contributed by atoms with E-state index in [1.54, 1.807) is 10.9 Å². The van der Waals surface area contributed by atoms with Gasteiger partial charge in [0.05, 0.1) is 28.0 Å². The van der Waals surface area contributed by atoms with E-state index in [-0.39, 0.29) is 16.7 Å². The quantitative estimate of drug-likeness (QED) is 0.320. The number of hydrogen-bond donors (Lipinski definition) is 1. The van der Waals surface area contributed by atoms with E-state index in [0.29, 0.717) is 11.6 Å². The van der Waals surface area contributed by atoms with Crippen molar-refractivity contribution in [1.29, 1.82) is 0 Å². The smallest absolute Gasteiger partial charge is 0.234 e. The highest BCUT2D eigenvalue weighted by Gasteiger charge is 2.28. The first-order chi connectivity index (χ1) is 15.1. The monoisotopic (exact) mass is 453 g/mol. The predicted molar refractivity (Wildman–Crippen MR) is 119 cm³/mol. The molecule has 31 heavy (non-hydrogen) atoms. The van der Waals surface area contributed by atoms with Gasteiger partial charge in [-0.3, -0.25) is 4.79 Å². The molecule has 156 valence electrons. The zero-order valence-electron chi connectivity index (χ0n) is 16.3. The van der Waals surface area contributed by atoms with Crippen LogP contribution in [0.1, 0.15) is 24.6 Å². The summed E-state index contributed by atoms with van der Waals surface area (Å²) in [4.78, 5) is 21.9. The van der Waals surface area contributed by atoms with E-state index in [0.717, 1.165) is 40.4 Å². The fraction of sp³-hybridized carbons (Fsp3) is 0.182. The van der Waals surface area contributed by atoms with Crippen LogP contribution in [-0.2, 0) is 4.79 Å². The number of carbonyl (C=O) groups excluding carboxylic acids is 1. The SMILES string of the molecule is O=C(CSc1nc(C2CC2)nc2c1cnn2-c1ccccc1)Nc1ccc(F)c(Cl)c1. The molecule has 9 heteroatoms. The molecule has 0 spiro atoms. The maximum atomic E-state index is 13.3. The van der Waals surface area contributed by atoms with Crippen LogP contribution in [0, 0.1) is 5.82 Å². The van der Waals surface area contributed by atoms with Gasteiger partial charge in [-0.1, -0.05) is 41.6 Å². The Morgan fingerprint density at radius 1 is 1.19 bits per heavy atom. The molecular formula is C22H17ClFN5OS. The molecule has 0 aliphatic heterocycles. The van der Waals surface area contributed by atoms with Gasteiger partial charge >= 0.3 is 0 Å². The Morgan fingerprint density at radius 3 is 2.74 bits per heavy atom. The first-order valence-corrected chi connectivity index (χ1v) is 11.1. The van der Waals surface area contributed by atoms with Gasteiger partial charge in [0.25, 0.3) is 0 Å². The highest BCUT2D eigenvalue weighted by atomic mass is 35.5. The molecule has 1 N–H and O–H groups in total. The van der Waals surface area contributed by atoms with Gasteiger partial charge < -0.3 is 5.32 Å². The summed E-state index contributed by atoms with van der Waals surface area (Å²) in [6.07, 6.45) is 3.88. The van der Waals surface area contributed by atoms with Crippen LogP contribution in [0.15, 0.2) is 59.8 Å². The van der Waals surface area contributed by atoms with Crippen molar-refractivity contribution in [2.45, 2.75) is 23.8 Å². The molecule has 1 amide bonds. The van der Waals surface area contributed by atoms with Crippen LogP contribution < -0.4 is 5.32 Å². The summed E-state index contributed by atoms with van der Waals surface area (Å²) in [5.74, 6) is 0.529. The lowest BCUT2D eigenvalue weighted by molar-refractivity contribution is -0.113. The van der Waals surface area contributed by atoms with Crippen LogP contribution in [0.3, 0.4) is 0 Å². The number of aromatic nitrogens is 4. The Labute approximate surface area is 186 Å². The first kappa shape index (κ1) is 20.0. The third-order valence-electron chi connectivity index (χ3n) is 4.90. The van der Waals surface area contributed by atoms with Gasteiger partial charge in [0.1, 0.15) is 16.7 Å². The molecule has 0 saturated heterocycles. The van der Waals surface area contributed by atoms with Crippen LogP contribution in [0.5, 0.6) is 0 Å². The number of hydrogen-bond acceptors (Lipinski definition) is 5. The first-order valence-electron chi connectivity index (χ1n) is 9.77. The number of rotatable bonds is 6. The van der Waals surface area contributed by atoms with Crippen molar-refractivity contribution in [2.24, 2.45) is 0 Å². The van der Waals surface area contributed by atoms with Crippen molar-refractivity contribution >= 4 is 46.0 Å². The van der Waals surface area contributed by atoms with Crippen molar-refractivity contribution in [3.63, 3.8) is 0 Å². The van der Waals surface area contributed by atoms with Crippen molar-refractivity contribution < 1.29 is 9.18 Å². The molecule has 0 bridgehead atoms. The van der Waals surface area contributed by atoms with Crippen LogP contribution in [0.4, 0.5) is 10.1 Å². The summed E-state index contributed by atoms with van der Waals surface area (Å²) in [5.41, 5.74) is 2.09. The number of thioether (sulfide) groups is 1. The number of anilines is 1. The Hall–Kier alpha value is -2.97. The minimum absolute atomic E-state index is 0.0367. The summed E-state index contributed by atoms with van der Waals surface area (Å²) >= 11 is 7.11. The lowest BCUT2D eigenvalue weighted by Gasteiger charge is -2.08. The van der Waals surface area contributed by atoms with Gasteiger partial charge in [-0.05, 0) is 43.2 Å². The number of nitrogens with zero attached hydrogens (tertiary/aromatic N) is 4. The molecule has 0 radical (unpaired) electrons. The number of carbonyl (C=O) groups is 1. The molecule has 1 aliphatic carbocycles. The largest absolute Gasteiger partial charge is 0.325 e. The fourth-order valence-corrected chi connectivity index (χ4v) is 4.17. The van der Waals surface area contributed by atoms with Gasteiger partial charge in [-0.15, -0.1) is 0 Å². The Bertz CT molecular complexity index is 1280. The summed E-state index contributed by atoms with van der Waals surface area (Å²) in [6.45, 7) is 0. The van der Waals surface area contributed by atoms with Crippen molar-refractivity contribution in [1.82, 2.24) is 19.7 Å². The number of nitrogens with one attached hydrogen (secondary N) is 1. The minimum Gasteiger partial charge on any atom is -0.325 e. The number of halogens is 2. The average Bonchev–Trinajstić information content (AvgIpc) is 3.54. The number of amides is 1. The third kappa shape index (κ3) is 4.26. The maximum Gasteiger partial charge on any atom is 0.234 e. The van der Waals surface area contributed by atoms with E-state index < -0.39 is 5.82 Å². The molecule has 0 atom stereocenters. The standard InChI is InChI=1S/C22H17ClFN5OS/c23-17-10-14(8-9-18(17)24)26-19(30)12-31-22-16-11-25-29(15-4-2-1-3-5-15)21(16)27-20(28-22)13-6-7-13/h1-5,8-11,13H,6-7,12H2,(H,26,30). The van der Waals surface area contributed by atoms with Gasteiger partial charge in [0.15, 0.2) is 5.65 Å². The lowest BCUT2D eigenvalue weighted by Crippen LogP contribution is -2.14. The predicted octanol–water partition coefficient (Wildman–Crippen LogP) is 5.22. The molecular weight excluding hydrogens is 437 g/mol. The van der Waals surface area contributed by atoms with E-state index in [1.807, 2.05) is 30.3 Å². The number of benzene rings is 2. The minimum atomic E-state index is -0.527. The van der Waals surface area contributed by atoms with E-state index in [2.05, 4.69) is 10.4 Å². The molecule has 5 rings (SSSR count). The molecule has 1 fully saturated rings. The van der Waals surface area contributed by atoms with E-state index in [4.69, 9.17) is 21.6 Å². The third-order valence-corrected chi connectivity index (χ3v) is 6.18. The Kier molecular flexibility index (Phi) is 5.33. The second-order valence-electron chi connectivity index (χ2n) is 7.26. The normalized spacial score (nSPS) is 13.5. The summed E-state index contributed by atoms with van der Waals surface area (Å²) in [7, 11) is 0. The second kappa shape index (κ2) is 8.28.